The van der Waals surface area contributed by atoms with Crippen molar-refractivity contribution in [2.24, 2.45) is 0 Å². The number of thiazole rings is 1. The molecule has 0 saturated carbocycles. The predicted octanol–water partition coefficient (Wildman–Crippen LogP) is 3.55. The van der Waals surface area contributed by atoms with E-state index in [-0.39, 0.29) is 5.69 Å². The van der Waals surface area contributed by atoms with Gasteiger partial charge >= 0.3 is 5.97 Å². The van der Waals surface area contributed by atoms with E-state index < -0.39 is 5.97 Å². The number of carboxylic acid groups (broad SMARTS) is 1. The molecule has 1 N–H and O–H groups in total. The van der Waals surface area contributed by atoms with Gasteiger partial charge in [-0.05, 0) is 12.1 Å². The number of halogens is 2. The highest BCUT2D eigenvalue weighted by Gasteiger charge is 2.15. The first kappa shape index (κ1) is 10.8. The van der Waals surface area contributed by atoms with Crippen molar-refractivity contribution in [3.05, 3.63) is 34.1 Å². The molecule has 0 aliphatic rings. The monoisotopic (exact) mass is 286 g/mol. The van der Waals surface area contributed by atoms with E-state index in [0.717, 1.165) is 10.2 Å². The van der Waals surface area contributed by atoms with Gasteiger partial charge in [0.25, 0.3) is 0 Å². The molecule has 0 atom stereocenters. The number of benzene rings is 1. The Labute approximate surface area is 109 Å². The fourth-order valence-corrected chi connectivity index (χ4v) is 3.15. The summed E-state index contributed by atoms with van der Waals surface area (Å²) < 4.78 is 2.50. The van der Waals surface area contributed by atoms with E-state index in [4.69, 9.17) is 28.3 Å². The number of fused-ring (bicyclic) bond motifs is 3. The Hall–Kier alpha value is -1.30. The molecule has 3 rings (SSSR count). The summed E-state index contributed by atoms with van der Waals surface area (Å²) in [5.74, 6) is -1.05. The van der Waals surface area contributed by atoms with Crippen molar-refractivity contribution >= 4 is 55.7 Å². The number of aromatic nitrogens is 2. The lowest BCUT2D eigenvalue weighted by Gasteiger charge is -1.96. The third-order valence-electron chi connectivity index (χ3n) is 2.37. The maximum absolute atomic E-state index is 10.8. The fraction of sp³-hybridized carbons (Fsp3) is 0. The summed E-state index contributed by atoms with van der Waals surface area (Å²) in [5.41, 5.74) is 0.823. The molecule has 0 fully saturated rings. The average Bonchev–Trinajstić information content (AvgIpc) is 2.81. The molecule has 0 saturated heterocycles. The molecule has 3 aromatic rings. The van der Waals surface area contributed by atoms with Crippen molar-refractivity contribution in [1.29, 1.82) is 0 Å². The molecular formula is C10H4Cl2N2O2S. The Kier molecular flexibility index (Phi) is 2.29. The van der Waals surface area contributed by atoms with Crippen molar-refractivity contribution in [3.63, 3.8) is 0 Å². The van der Waals surface area contributed by atoms with Crippen LogP contribution in [-0.4, -0.2) is 20.5 Å². The predicted molar refractivity (Wildman–Crippen MR) is 67.6 cm³/mol. The zero-order valence-corrected chi connectivity index (χ0v) is 10.5. The molecule has 4 nitrogen and oxygen atoms in total. The van der Waals surface area contributed by atoms with Crippen LogP contribution in [0.5, 0.6) is 0 Å². The summed E-state index contributed by atoms with van der Waals surface area (Å²) >= 11 is 13.3. The summed E-state index contributed by atoms with van der Waals surface area (Å²) in [5, 5.41) is 9.80. The number of aromatic carboxylic acids is 1. The van der Waals surface area contributed by atoms with Crippen LogP contribution in [0.4, 0.5) is 0 Å². The lowest BCUT2D eigenvalue weighted by Crippen LogP contribution is -1.95. The van der Waals surface area contributed by atoms with Gasteiger partial charge in [-0.3, -0.25) is 4.40 Å². The molecule has 0 spiro atoms. The molecular weight excluding hydrogens is 283 g/mol. The number of hydrogen-bond acceptors (Lipinski definition) is 3. The molecule has 0 aliphatic heterocycles. The van der Waals surface area contributed by atoms with Gasteiger partial charge in [-0.25, -0.2) is 9.78 Å². The first-order valence-electron chi connectivity index (χ1n) is 4.57. The average molecular weight is 287 g/mol. The highest BCUT2D eigenvalue weighted by Crippen LogP contribution is 2.36. The lowest BCUT2D eigenvalue weighted by atomic mass is 10.3. The molecule has 0 bridgehead atoms. The van der Waals surface area contributed by atoms with Crippen LogP contribution < -0.4 is 0 Å². The Morgan fingerprint density at radius 1 is 1.41 bits per heavy atom. The summed E-state index contributed by atoms with van der Waals surface area (Å²) in [7, 11) is 0. The van der Waals surface area contributed by atoms with Crippen molar-refractivity contribution < 1.29 is 9.90 Å². The summed E-state index contributed by atoms with van der Waals surface area (Å²) in [6.45, 7) is 0. The van der Waals surface area contributed by atoms with Crippen molar-refractivity contribution in [3.8, 4) is 0 Å². The second kappa shape index (κ2) is 3.60. The lowest BCUT2D eigenvalue weighted by molar-refractivity contribution is 0.0691. The topological polar surface area (TPSA) is 54.6 Å². The van der Waals surface area contributed by atoms with E-state index in [1.807, 2.05) is 0 Å². The maximum atomic E-state index is 10.8. The van der Waals surface area contributed by atoms with E-state index in [0.29, 0.717) is 15.0 Å². The third-order valence-corrected chi connectivity index (χ3v) is 4.38. The van der Waals surface area contributed by atoms with Crippen LogP contribution in [0.1, 0.15) is 10.5 Å². The largest absolute Gasteiger partial charge is 0.476 e. The van der Waals surface area contributed by atoms with E-state index in [9.17, 15) is 4.79 Å². The molecule has 17 heavy (non-hydrogen) atoms. The number of nitrogens with zero attached hydrogens (tertiary/aromatic N) is 2. The molecule has 0 amide bonds. The molecule has 86 valence electrons. The first-order valence-corrected chi connectivity index (χ1v) is 6.14. The SMILES string of the molecule is O=C(O)c1cn2c(n1)sc1c(Cl)c(Cl)ccc12. The molecule has 2 aromatic heterocycles. The van der Waals surface area contributed by atoms with Gasteiger partial charge in [0.1, 0.15) is 0 Å². The molecule has 0 aliphatic carbocycles. The third kappa shape index (κ3) is 1.50. The molecule has 0 radical (unpaired) electrons. The highest BCUT2D eigenvalue weighted by molar-refractivity contribution is 7.24. The molecule has 1 aromatic carbocycles. The standard InChI is InChI=1S/C10H4Cl2N2O2S/c11-4-1-2-6-8(7(4)12)17-10-13-5(9(15)16)3-14(6)10/h1-3H,(H,15,16). The summed E-state index contributed by atoms with van der Waals surface area (Å²) in [6.07, 6.45) is 1.47. The van der Waals surface area contributed by atoms with E-state index in [1.165, 1.54) is 17.5 Å². The van der Waals surface area contributed by atoms with E-state index in [2.05, 4.69) is 4.98 Å². The number of carboxylic acids is 1. The van der Waals surface area contributed by atoms with E-state index in [1.54, 1.807) is 16.5 Å². The number of hydrogen-bond donors (Lipinski definition) is 1. The fourth-order valence-electron chi connectivity index (χ4n) is 1.61. The maximum Gasteiger partial charge on any atom is 0.356 e. The van der Waals surface area contributed by atoms with Gasteiger partial charge in [0.05, 0.1) is 20.3 Å². The smallest absolute Gasteiger partial charge is 0.356 e. The molecule has 2 heterocycles. The normalized spacial score (nSPS) is 11.4. The van der Waals surface area contributed by atoms with Crippen LogP contribution in [0.15, 0.2) is 18.3 Å². The Morgan fingerprint density at radius 3 is 2.88 bits per heavy atom. The van der Waals surface area contributed by atoms with Crippen LogP contribution in [0.2, 0.25) is 10.0 Å². The van der Waals surface area contributed by atoms with Gasteiger partial charge in [-0.15, -0.1) is 0 Å². The number of carbonyl (C=O) groups is 1. The Balaban J connectivity index is 2.42. The van der Waals surface area contributed by atoms with Gasteiger partial charge < -0.3 is 5.11 Å². The van der Waals surface area contributed by atoms with Crippen LogP contribution in [0.25, 0.3) is 15.2 Å². The zero-order chi connectivity index (χ0) is 12.2. The summed E-state index contributed by atoms with van der Waals surface area (Å²) in [4.78, 5) is 15.4. The molecule has 0 unspecified atom stereocenters. The quantitative estimate of drug-likeness (QED) is 0.744. The van der Waals surface area contributed by atoms with Gasteiger partial charge in [-0.2, -0.15) is 0 Å². The number of rotatable bonds is 1. The Morgan fingerprint density at radius 2 is 2.18 bits per heavy atom. The van der Waals surface area contributed by atoms with Gasteiger partial charge in [0, 0.05) is 6.20 Å². The van der Waals surface area contributed by atoms with Gasteiger partial charge in [0.2, 0.25) is 0 Å². The van der Waals surface area contributed by atoms with Gasteiger partial charge in [0.15, 0.2) is 10.7 Å². The van der Waals surface area contributed by atoms with Crippen LogP contribution >= 0.6 is 34.5 Å². The Bertz CT molecular complexity index is 762. The van der Waals surface area contributed by atoms with Crippen molar-refractivity contribution in [1.82, 2.24) is 9.38 Å². The minimum atomic E-state index is -1.05. The second-order valence-corrected chi connectivity index (χ2v) is 5.16. The summed E-state index contributed by atoms with van der Waals surface area (Å²) in [6, 6.07) is 3.47. The minimum absolute atomic E-state index is 0.0178. The minimum Gasteiger partial charge on any atom is -0.476 e. The molecule has 7 heteroatoms. The van der Waals surface area contributed by atoms with Crippen LogP contribution in [0.3, 0.4) is 0 Å². The second-order valence-electron chi connectivity index (χ2n) is 3.40. The van der Waals surface area contributed by atoms with E-state index >= 15 is 0 Å². The van der Waals surface area contributed by atoms with Crippen molar-refractivity contribution in [2.45, 2.75) is 0 Å². The zero-order valence-electron chi connectivity index (χ0n) is 8.15. The first-order chi connectivity index (χ1) is 8.08. The van der Waals surface area contributed by atoms with Gasteiger partial charge in [-0.1, -0.05) is 34.5 Å². The van der Waals surface area contributed by atoms with Crippen molar-refractivity contribution in [2.75, 3.05) is 0 Å². The van der Waals surface area contributed by atoms with Crippen LogP contribution in [-0.2, 0) is 0 Å². The number of imidazole rings is 1. The highest BCUT2D eigenvalue weighted by atomic mass is 35.5. The van der Waals surface area contributed by atoms with Crippen LogP contribution in [0, 0.1) is 0 Å².